The zero-order valence-electron chi connectivity index (χ0n) is 34.9. The van der Waals surface area contributed by atoms with Gasteiger partial charge in [0, 0.05) is 38.0 Å². The Kier molecular flexibility index (Phi) is 7.97. The summed E-state index contributed by atoms with van der Waals surface area (Å²) in [6.07, 6.45) is 0. The van der Waals surface area contributed by atoms with Crippen LogP contribution in [0.15, 0.2) is 212 Å². The molecule has 65 heavy (non-hydrogen) atoms. The van der Waals surface area contributed by atoms with Crippen LogP contribution in [0, 0.1) is 22.7 Å². The number of para-hydroxylation sites is 2. The minimum absolute atomic E-state index is 0.320. The molecule has 5 heteroatoms. The lowest BCUT2D eigenvalue weighted by atomic mass is 10.0. The van der Waals surface area contributed by atoms with Crippen molar-refractivity contribution in [3.8, 4) is 51.5 Å². The van der Waals surface area contributed by atoms with Crippen molar-refractivity contribution in [1.82, 2.24) is 13.7 Å². The number of nitrogens with zero attached hydrogens (tertiary/aromatic N) is 5. The molecule has 0 atom stereocenters. The number of fused-ring (bicyclic) bond motifs is 11. The topological polar surface area (TPSA) is 62.4 Å². The molecule has 13 rings (SSSR count). The van der Waals surface area contributed by atoms with Crippen LogP contribution in [-0.4, -0.2) is 13.7 Å². The van der Waals surface area contributed by atoms with Crippen LogP contribution in [0.1, 0.15) is 11.1 Å². The monoisotopic (exact) mass is 825 g/mol. The SMILES string of the molecule is N#Cc1c(-n2c3ccc(-c4ccccc4)cc3c3cc(-c4ccccc4)ccc32)ccc(-n2c3ccc(-n4c5ccccc5c5ccccc54)cc3c3c4ccccc4ccc32)c1C#N. The van der Waals surface area contributed by atoms with Crippen molar-refractivity contribution in [1.29, 1.82) is 10.5 Å². The first-order valence-corrected chi connectivity index (χ1v) is 21.8. The Morgan fingerprint density at radius 3 is 1.31 bits per heavy atom. The molecule has 10 aromatic carbocycles. The molecule has 0 saturated heterocycles. The maximum Gasteiger partial charge on any atom is 0.103 e. The largest absolute Gasteiger partial charge is 0.309 e. The van der Waals surface area contributed by atoms with Crippen molar-refractivity contribution in [2.24, 2.45) is 0 Å². The molecule has 13 aromatic rings. The molecule has 3 aromatic heterocycles. The molecule has 0 aliphatic heterocycles. The number of nitriles is 2. The van der Waals surface area contributed by atoms with Gasteiger partial charge in [-0.2, -0.15) is 10.5 Å². The molecule has 300 valence electrons. The average Bonchev–Trinajstić information content (AvgIpc) is 4.01. The summed E-state index contributed by atoms with van der Waals surface area (Å²) < 4.78 is 6.69. The van der Waals surface area contributed by atoms with Crippen LogP contribution < -0.4 is 0 Å². The van der Waals surface area contributed by atoms with Gasteiger partial charge >= 0.3 is 0 Å². The first-order chi connectivity index (χ1) is 32.2. The fourth-order valence-corrected chi connectivity index (χ4v) is 10.5. The van der Waals surface area contributed by atoms with Crippen molar-refractivity contribution in [2.75, 3.05) is 0 Å². The van der Waals surface area contributed by atoms with Crippen LogP contribution in [-0.2, 0) is 0 Å². The molecule has 0 aliphatic rings. The molecule has 0 aliphatic carbocycles. The number of aromatic nitrogens is 3. The van der Waals surface area contributed by atoms with Crippen molar-refractivity contribution >= 4 is 76.2 Å². The van der Waals surface area contributed by atoms with Crippen molar-refractivity contribution in [3.63, 3.8) is 0 Å². The van der Waals surface area contributed by atoms with Gasteiger partial charge in [-0.3, -0.25) is 0 Å². The molecule has 0 spiro atoms. The Hall–Kier alpha value is -9.16. The molecule has 0 fully saturated rings. The quantitative estimate of drug-likeness (QED) is 0.173. The van der Waals surface area contributed by atoms with E-state index in [1.165, 1.54) is 10.8 Å². The van der Waals surface area contributed by atoms with Gasteiger partial charge in [0.2, 0.25) is 0 Å². The van der Waals surface area contributed by atoms with Gasteiger partial charge in [-0.05, 0) is 106 Å². The highest BCUT2D eigenvalue weighted by Gasteiger charge is 2.24. The molecule has 0 N–H and O–H groups in total. The van der Waals surface area contributed by atoms with Crippen LogP contribution in [0.3, 0.4) is 0 Å². The van der Waals surface area contributed by atoms with Crippen LogP contribution >= 0.6 is 0 Å². The average molecular weight is 826 g/mol. The maximum atomic E-state index is 11.3. The van der Waals surface area contributed by atoms with Crippen LogP contribution in [0.4, 0.5) is 0 Å². The summed E-state index contributed by atoms with van der Waals surface area (Å²) in [4.78, 5) is 0. The van der Waals surface area contributed by atoms with Gasteiger partial charge in [0.25, 0.3) is 0 Å². The molecule has 0 amide bonds. The third kappa shape index (κ3) is 5.37. The molecule has 5 nitrogen and oxygen atoms in total. The highest BCUT2D eigenvalue weighted by atomic mass is 15.0. The number of rotatable bonds is 5. The predicted octanol–water partition coefficient (Wildman–Crippen LogP) is 15.2. The Morgan fingerprint density at radius 2 is 0.738 bits per heavy atom. The lowest BCUT2D eigenvalue weighted by molar-refractivity contribution is 1.12. The van der Waals surface area contributed by atoms with Gasteiger partial charge in [-0.15, -0.1) is 0 Å². The third-order valence-electron chi connectivity index (χ3n) is 13.3. The second kappa shape index (κ2) is 14.2. The normalized spacial score (nSPS) is 11.7. The van der Waals surface area contributed by atoms with Crippen molar-refractivity contribution in [2.45, 2.75) is 0 Å². The van der Waals surface area contributed by atoms with Gasteiger partial charge in [-0.1, -0.05) is 140 Å². The minimum atomic E-state index is 0.320. The number of hydrogen-bond donors (Lipinski definition) is 0. The fourth-order valence-electron chi connectivity index (χ4n) is 10.5. The Bertz CT molecular complexity index is 4040. The summed E-state index contributed by atoms with van der Waals surface area (Å²) in [6, 6.07) is 79.6. The summed E-state index contributed by atoms with van der Waals surface area (Å²) >= 11 is 0. The minimum Gasteiger partial charge on any atom is -0.309 e. The van der Waals surface area contributed by atoms with Gasteiger partial charge in [0.15, 0.2) is 0 Å². The van der Waals surface area contributed by atoms with Gasteiger partial charge in [0.1, 0.15) is 12.1 Å². The van der Waals surface area contributed by atoms with Crippen molar-refractivity contribution < 1.29 is 0 Å². The summed E-state index contributed by atoms with van der Waals surface area (Å²) in [5, 5.41) is 31.5. The predicted molar refractivity (Wildman–Crippen MR) is 267 cm³/mol. The van der Waals surface area contributed by atoms with E-state index in [2.05, 4.69) is 214 Å². The smallest absolute Gasteiger partial charge is 0.103 e. The molecule has 0 radical (unpaired) electrons. The van der Waals surface area contributed by atoms with E-state index in [1.54, 1.807) is 0 Å². The third-order valence-corrected chi connectivity index (χ3v) is 13.3. The summed E-state index contributed by atoms with van der Waals surface area (Å²) in [7, 11) is 0. The van der Waals surface area contributed by atoms with E-state index in [1.807, 2.05) is 24.3 Å². The summed E-state index contributed by atoms with van der Waals surface area (Å²) in [5.74, 6) is 0. The van der Waals surface area contributed by atoms with E-state index < -0.39 is 0 Å². The Morgan fingerprint density at radius 1 is 0.292 bits per heavy atom. The first kappa shape index (κ1) is 36.5. The molecule has 3 heterocycles. The zero-order valence-corrected chi connectivity index (χ0v) is 34.9. The van der Waals surface area contributed by atoms with E-state index in [9.17, 15) is 10.5 Å². The van der Waals surface area contributed by atoms with Gasteiger partial charge in [0.05, 0.1) is 55.6 Å². The van der Waals surface area contributed by atoms with E-state index in [0.29, 0.717) is 22.5 Å². The molecular formula is C60H35N5. The van der Waals surface area contributed by atoms with E-state index in [0.717, 1.165) is 93.4 Å². The van der Waals surface area contributed by atoms with Crippen LogP contribution in [0.5, 0.6) is 0 Å². The Labute approximate surface area is 373 Å². The fraction of sp³-hybridized carbons (Fsp3) is 0. The zero-order chi connectivity index (χ0) is 43.2. The van der Waals surface area contributed by atoms with Crippen LogP contribution in [0.25, 0.3) is 116 Å². The van der Waals surface area contributed by atoms with E-state index >= 15 is 0 Å². The Balaban J connectivity index is 1.07. The van der Waals surface area contributed by atoms with Gasteiger partial charge in [-0.25, -0.2) is 0 Å². The maximum absolute atomic E-state index is 11.3. The van der Waals surface area contributed by atoms with E-state index in [4.69, 9.17) is 0 Å². The lowest BCUT2D eigenvalue weighted by Gasteiger charge is -2.16. The van der Waals surface area contributed by atoms with Crippen molar-refractivity contribution in [3.05, 3.63) is 223 Å². The molecule has 0 unspecified atom stereocenters. The highest BCUT2D eigenvalue weighted by Crippen LogP contribution is 2.43. The number of hydrogen-bond acceptors (Lipinski definition) is 2. The molecular weight excluding hydrogens is 791 g/mol. The summed E-state index contributed by atoms with van der Waals surface area (Å²) in [6.45, 7) is 0. The van der Waals surface area contributed by atoms with Crippen LogP contribution in [0.2, 0.25) is 0 Å². The number of benzene rings is 10. The summed E-state index contributed by atoms with van der Waals surface area (Å²) in [5.41, 5.74) is 13.6. The first-order valence-electron chi connectivity index (χ1n) is 21.8. The van der Waals surface area contributed by atoms with Gasteiger partial charge < -0.3 is 13.7 Å². The molecule has 0 saturated carbocycles. The standard InChI is InChI=1S/C60H35N5/c61-36-50-51(37-62)58(32-31-57(50)64-54-27-24-41(38-13-3-1-4-14-38)33-47(54)48-34-42(25-28-55(48)64)39-15-5-2-6-16-39)65-56-30-26-43(35-49(56)60-44-18-8-7-17-40(44)23-29-59(60)65)63-52-21-11-9-19-45(52)46-20-10-12-22-53(46)63/h1-35H. The highest BCUT2D eigenvalue weighted by molar-refractivity contribution is 6.22. The lowest BCUT2D eigenvalue weighted by Crippen LogP contribution is -2.05. The molecule has 0 bridgehead atoms. The second-order valence-electron chi connectivity index (χ2n) is 16.7. The van der Waals surface area contributed by atoms with E-state index in [-0.39, 0.29) is 0 Å². The second-order valence-corrected chi connectivity index (χ2v) is 16.7.